The summed E-state index contributed by atoms with van der Waals surface area (Å²) in [5.41, 5.74) is 1.08. The van der Waals surface area contributed by atoms with Gasteiger partial charge in [-0.15, -0.1) is 0 Å². The summed E-state index contributed by atoms with van der Waals surface area (Å²) < 4.78 is 5.89. The third-order valence-electron chi connectivity index (χ3n) is 5.93. The maximum Gasteiger partial charge on any atom is 0.289 e. The zero-order chi connectivity index (χ0) is 18.6. The standard InChI is InChI=1S/C21H28N4O2/c1-16-5-10-24(11-6-16)14-18-2-3-20(27-18)21(26)25-12-7-17(8-13-25)19-4-9-22-15-23-19/h2-4,9,15-17H,5-8,10-14H2,1H3. The smallest absolute Gasteiger partial charge is 0.289 e. The number of rotatable bonds is 4. The van der Waals surface area contributed by atoms with E-state index in [0.717, 1.165) is 62.9 Å². The van der Waals surface area contributed by atoms with E-state index < -0.39 is 0 Å². The van der Waals surface area contributed by atoms with E-state index in [1.165, 1.54) is 12.8 Å². The molecule has 0 aliphatic carbocycles. The molecule has 2 saturated heterocycles. The Balaban J connectivity index is 1.31. The molecule has 144 valence electrons. The van der Waals surface area contributed by atoms with Gasteiger partial charge in [0, 0.05) is 30.9 Å². The number of carbonyl (C=O) groups is 1. The van der Waals surface area contributed by atoms with Crippen LogP contribution in [0.4, 0.5) is 0 Å². The van der Waals surface area contributed by atoms with Crippen LogP contribution < -0.4 is 0 Å². The minimum absolute atomic E-state index is 0.00894. The van der Waals surface area contributed by atoms with Gasteiger partial charge in [0.15, 0.2) is 5.76 Å². The highest BCUT2D eigenvalue weighted by Crippen LogP contribution is 2.27. The fourth-order valence-corrected chi connectivity index (χ4v) is 4.09. The molecule has 4 rings (SSSR count). The first-order valence-electron chi connectivity index (χ1n) is 10.1. The fourth-order valence-electron chi connectivity index (χ4n) is 4.09. The van der Waals surface area contributed by atoms with Crippen LogP contribution in [0.25, 0.3) is 0 Å². The van der Waals surface area contributed by atoms with Gasteiger partial charge in [0.1, 0.15) is 12.1 Å². The molecule has 0 aromatic carbocycles. The number of amides is 1. The summed E-state index contributed by atoms with van der Waals surface area (Å²) in [7, 11) is 0. The van der Waals surface area contributed by atoms with E-state index in [1.807, 2.05) is 23.1 Å². The molecule has 6 heteroatoms. The van der Waals surface area contributed by atoms with Crippen molar-refractivity contribution in [1.82, 2.24) is 19.8 Å². The van der Waals surface area contributed by atoms with Gasteiger partial charge in [-0.05, 0) is 62.9 Å². The van der Waals surface area contributed by atoms with E-state index >= 15 is 0 Å². The van der Waals surface area contributed by atoms with Crippen molar-refractivity contribution in [1.29, 1.82) is 0 Å². The summed E-state index contributed by atoms with van der Waals surface area (Å²) >= 11 is 0. The Hall–Kier alpha value is -2.21. The fraction of sp³-hybridized carbons (Fsp3) is 0.571. The summed E-state index contributed by atoms with van der Waals surface area (Å²) in [5.74, 6) is 2.60. The number of hydrogen-bond acceptors (Lipinski definition) is 5. The highest BCUT2D eigenvalue weighted by Gasteiger charge is 2.27. The number of aromatic nitrogens is 2. The van der Waals surface area contributed by atoms with Crippen molar-refractivity contribution in [2.45, 2.75) is 45.1 Å². The highest BCUT2D eigenvalue weighted by molar-refractivity contribution is 5.91. The molecule has 0 radical (unpaired) electrons. The van der Waals surface area contributed by atoms with Crippen LogP contribution in [0.1, 0.15) is 60.5 Å². The minimum atomic E-state index is 0.00894. The predicted molar refractivity (Wildman–Crippen MR) is 102 cm³/mol. The third kappa shape index (κ3) is 4.38. The SMILES string of the molecule is CC1CCN(Cc2ccc(C(=O)N3CCC(c4ccncn4)CC3)o2)CC1. The Morgan fingerprint density at radius 2 is 1.89 bits per heavy atom. The van der Waals surface area contributed by atoms with Gasteiger partial charge in [-0.2, -0.15) is 0 Å². The van der Waals surface area contributed by atoms with Crippen LogP contribution in [0, 0.1) is 5.92 Å². The zero-order valence-electron chi connectivity index (χ0n) is 16.0. The molecule has 1 amide bonds. The monoisotopic (exact) mass is 368 g/mol. The molecule has 27 heavy (non-hydrogen) atoms. The largest absolute Gasteiger partial charge is 0.455 e. The number of nitrogens with zero attached hydrogens (tertiary/aromatic N) is 4. The van der Waals surface area contributed by atoms with Gasteiger partial charge in [-0.1, -0.05) is 6.92 Å². The van der Waals surface area contributed by atoms with Crippen LogP contribution in [0.3, 0.4) is 0 Å². The second-order valence-electron chi connectivity index (χ2n) is 7.93. The molecule has 0 spiro atoms. The van der Waals surface area contributed by atoms with Gasteiger partial charge in [0.25, 0.3) is 5.91 Å². The lowest BCUT2D eigenvalue weighted by Crippen LogP contribution is -2.37. The van der Waals surface area contributed by atoms with E-state index in [0.29, 0.717) is 11.7 Å². The average Bonchev–Trinajstić information content (AvgIpc) is 3.18. The highest BCUT2D eigenvalue weighted by atomic mass is 16.4. The molecule has 0 bridgehead atoms. The van der Waals surface area contributed by atoms with Gasteiger partial charge in [-0.3, -0.25) is 9.69 Å². The average molecular weight is 368 g/mol. The topological polar surface area (TPSA) is 62.5 Å². The van der Waals surface area contributed by atoms with Crippen molar-refractivity contribution in [3.05, 3.63) is 47.9 Å². The molecule has 2 aromatic rings. The first-order chi connectivity index (χ1) is 13.2. The molecule has 6 nitrogen and oxygen atoms in total. The number of furan rings is 1. The maximum atomic E-state index is 12.8. The van der Waals surface area contributed by atoms with E-state index in [1.54, 1.807) is 12.5 Å². The minimum Gasteiger partial charge on any atom is -0.455 e. The van der Waals surface area contributed by atoms with Crippen LogP contribution in [0.15, 0.2) is 35.1 Å². The molecule has 0 unspecified atom stereocenters. The Morgan fingerprint density at radius 3 is 2.59 bits per heavy atom. The molecule has 2 aliphatic rings. The summed E-state index contributed by atoms with van der Waals surface area (Å²) in [4.78, 5) is 25.4. The first-order valence-corrected chi connectivity index (χ1v) is 10.1. The molecule has 2 aromatic heterocycles. The Morgan fingerprint density at radius 1 is 1.11 bits per heavy atom. The summed E-state index contributed by atoms with van der Waals surface area (Å²) in [5, 5.41) is 0. The molecule has 2 fully saturated rings. The van der Waals surface area contributed by atoms with Gasteiger partial charge < -0.3 is 9.32 Å². The molecule has 0 atom stereocenters. The molecule has 2 aliphatic heterocycles. The Kier molecular flexibility index (Phi) is 5.53. The third-order valence-corrected chi connectivity index (χ3v) is 5.93. The number of piperidine rings is 2. The zero-order valence-corrected chi connectivity index (χ0v) is 16.0. The normalized spacial score (nSPS) is 20.1. The van der Waals surface area contributed by atoms with E-state index in [-0.39, 0.29) is 5.91 Å². The number of likely N-dealkylation sites (tertiary alicyclic amines) is 2. The Labute approximate surface area is 160 Å². The summed E-state index contributed by atoms with van der Waals surface area (Å²) in [6, 6.07) is 5.77. The van der Waals surface area contributed by atoms with Crippen LogP contribution >= 0.6 is 0 Å². The van der Waals surface area contributed by atoms with E-state index in [9.17, 15) is 4.79 Å². The first kappa shape index (κ1) is 18.2. The predicted octanol–water partition coefficient (Wildman–Crippen LogP) is 3.32. The summed E-state index contributed by atoms with van der Waals surface area (Å²) in [6.07, 6.45) is 7.74. The second kappa shape index (κ2) is 8.21. The number of carbonyl (C=O) groups excluding carboxylic acids is 1. The van der Waals surface area contributed by atoms with Gasteiger partial charge >= 0.3 is 0 Å². The van der Waals surface area contributed by atoms with Gasteiger partial charge in [-0.25, -0.2) is 9.97 Å². The summed E-state index contributed by atoms with van der Waals surface area (Å²) in [6.45, 7) is 6.83. The van der Waals surface area contributed by atoms with Crippen molar-refractivity contribution >= 4 is 5.91 Å². The molecule has 0 saturated carbocycles. The van der Waals surface area contributed by atoms with Gasteiger partial charge in [0.05, 0.1) is 6.54 Å². The number of hydrogen-bond donors (Lipinski definition) is 0. The molecular weight excluding hydrogens is 340 g/mol. The quantitative estimate of drug-likeness (QED) is 0.828. The van der Waals surface area contributed by atoms with Crippen LogP contribution in [0.5, 0.6) is 0 Å². The lowest BCUT2D eigenvalue weighted by molar-refractivity contribution is 0.0675. The molecule has 0 N–H and O–H groups in total. The molecular formula is C21H28N4O2. The lowest BCUT2D eigenvalue weighted by atomic mass is 9.93. The maximum absolute atomic E-state index is 12.8. The van der Waals surface area contributed by atoms with E-state index in [2.05, 4.69) is 21.8 Å². The molecule has 4 heterocycles. The van der Waals surface area contributed by atoms with Crippen molar-refractivity contribution in [2.75, 3.05) is 26.2 Å². The van der Waals surface area contributed by atoms with Crippen LogP contribution in [0.2, 0.25) is 0 Å². The second-order valence-corrected chi connectivity index (χ2v) is 7.93. The Bertz CT molecular complexity index is 745. The van der Waals surface area contributed by atoms with E-state index in [4.69, 9.17) is 4.42 Å². The van der Waals surface area contributed by atoms with Crippen molar-refractivity contribution in [3.63, 3.8) is 0 Å². The van der Waals surface area contributed by atoms with Gasteiger partial charge in [0.2, 0.25) is 0 Å². The van der Waals surface area contributed by atoms with Crippen molar-refractivity contribution < 1.29 is 9.21 Å². The van der Waals surface area contributed by atoms with Crippen LogP contribution in [-0.2, 0) is 6.54 Å². The van der Waals surface area contributed by atoms with Crippen molar-refractivity contribution in [3.8, 4) is 0 Å². The lowest BCUT2D eigenvalue weighted by Gasteiger charge is -2.31. The van der Waals surface area contributed by atoms with Crippen LogP contribution in [-0.4, -0.2) is 51.9 Å². The van der Waals surface area contributed by atoms with Crippen molar-refractivity contribution in [2.24, 2.45) is 5.92 Å².